The zero-order valence-corrected chi connectivity index (χ0v) is 15.0. The molecule has 4 rings (SSSR count). The van der Waals surface area contributed by atoms with Crippen LogP contribution in [0.5, 0.6) is 0 Å². The van der Waals surface area contributed by atoms with E-state index in [9.17, 15) is 9.59 Å². The minimum absolute atomic E-state index is 0.260. The molecule has 0 aliphatic carbocycles. The van der Waals surface area contributed by atoms with Crippen LogP contribution in [-0.4, -0.2) is 27.1 Å². The number of nitrogens with zero attached hydrogens (tertiary/aromatic N) is 3. The van der Waals surface area contributed by atoms with Gasteiger partial charge in [0.05, 0.1) is 34.3 Å². The summed E-state index contributed by atoms with van der Waals surface area (Å²) in [7, 11) is 0. The van der Waals surface area contributed by atoms with E-state index < -0.39 is 5.97 Å². The van der Waals surface area contributed by atoms with E-state index in [-0.39, 0.29) is 12.2 Å². The maximum absolute atomic E-state index is 13.0. The van der Waals surface area contributed by atoms with Gasteiger partial charge in [0.25, 0.3) is 5.56 Å². The van der Waals surface area contributed by atoms with Crippen LogP contribution in [0, 0.1) is 6.92 Å². The Balaban J connectivity index is 1.91. The number of ether oxygens (including phenoxy) is 1. The predicted octanol–water partition coefficient (Wildman–Crippen LogP) is 3.42. The summed E-state index contributed by atoms with van der Waals surface area (Å²) >= 11 is 0. The van der Waals surface area contributed by atoms with Crippen molar-refractivity contribution in [2.75, 3.05) is 6.61 Å². The number of para-hydroxylation sites is 1. The van der Waals surface area contributed by atoms with E-state index in [0.29, 0.717) is 28.0 Å². The molecule has 0 bridgehead atoms. The molecule has 0 atom stereocenters. The molecule has 0 saturated carbocycles. The fraction of sp³-hybridized carbons (Fsp3) is 0.143. The molecule has 27 heavy (non-hydrogen) atoms. The summed E-state index contributed by atoms with van der Waals surface area (Å²) in [6.45, 7) is 3.72. The van der Waals surface area contributed by atoms with Crippen LogP contribution in [0.15, 0.2) is 59.5 Å². The molecule has 6 heteroatoms. The average Bonchev–Trinajstić information content (AvgIpc) is 2.67. The van der Waals surface area contributed by atoms with Crippen LogP contribution in [0.4, 0.5) is 0 Å². The Morgan fingerprint density at radius 3 is 2.70 bits per heavy atom. The lowest BCUT2D eigenvalue weighted by Gasteiger charge is -2.10. The van der Waals surface area contributed by atoms with Gasteiger partial charge in [-0.25, -0.2) is 9.78 Å². The minimum Gasteiger partial charge on any atom is -0.462 e. The van der Waals surface area contributed by atoms with Crippen molar-refractivity contribution < 1.29 is 9.53 Å². The fourth-order valence-electron chi connectivity index (χ4n) is 3.05. The third kappa shape index (κ3) is 2.95. The van der Waals surface area contributed by atoms with E-state index in [1.54, 1.807) is 38.2 Å². The lowest BCUT2D eigenvalue weighted by Crippen LogP contribution is -2.20. The van der Waals surface area contributed by atoms with Gasteiger partial charge in [0.1, 0.15) is 5.82 Å². The van der Waals surface area contributed by atoms with Crippen molar-refractivity contribution in [1.82, 2.24) is 14.5 Å². The number of hydrogen-bond donors (Lipinski definition) is 0. The number of rotatable bonds is 3. The molecular weight excluding hydrogens is 342 g/mol. The van der Waals surface area contributed by atoms with Gasteiger partial charge < -0.3 is 4.74 Å². The zero-order valence-electron chi connectivity index (χ0n) is 15.0. The molecule has 4 aromatic rings. The van der Waals surface area contributed by atoms with Crippen molar-refractivity contribution in [3.8, 4) is 5.82 Å². The molecule has 0 saturated heterocycles. The molecule has 0 aliphatic rings. The molecule has 3 aromatic heterocycles. The van der Waals surface area contributed by atoms with Crippen molar-refractivity contribution >= 4 is 27.8 Å². The Hall–Kier alpha value is -3.54. The molecule has 3 heterocycles. The normalized spacial score (nSPS) is 11.0. The highest BCUT2D eigenvalue weighted by atomic mass is 16.5. The number of fused-ring (bicyclic) bond motifs is 2. The summed E-state index contributed by atoms with van der Waals surface area (Å²) in [6, 6.07) is 14.7. The number of aryl methyl sites for hydroxylation is 1. The van der Waals surface area contributed by atoms with E-state index in [0.717, 1.165) is 10.9 Å². The van der Waals surface area contributed by atoms with Crippen LogP contribution in [0.1, 0.15) is 23.0 Å². The van der Waals surface area contributed by atoms with Gasteiger partial charge in [-0.1, -0.05) is 18.2 Å². The number of benzene rings is 1. The summed E-state index contributed by atoms with van der Waals surface area (Å²) in [4.78, 5) is 34.1. The number of esters is 1. The van der Waals surface area contributed by atoms with Gasteiger partial charge in [0.2, 0.25) is 0 Å². The van der Waals surface area contributed by atoms with Gasteiger partial charge in [0, 0.05) is 11.6 Å². The van der Waals surface area contributed by atoms with Crippen LogP contribution in [0.25, 0.3) is 27.6 Å². The van der Waals surface area contributed by atoms with E-state index >= 15 is 0 Å². The molecule has 0 aliphatic heterocycles. The summed E-state index contributed by atoms with van der Waals surface area (Å²) in [5.41, 5.74) is 1.87. The highest BCUT2D eigenvalue weighted by Gasteiger charge is 2.15. The molecule has 6 nitrogen and oxygen atoms in total. The Labute approximate surface area is 155 Å². The van der Waals surface area contributed by atoms with Crippen molar-refractivity contribution in [1.29, 1.82) is 0 Å². The number of carbonyl (C=O) groups is 1. The second-order valence-corrected chi connectivity index (χ2v) is 6.13. The summed E-state index contributed by atoms with van der Waals surface area (Å²) in [6.07, 6.45) is 1.65. The summed E-state index contributed by atoms with van der Waals surface area (Å²) in [5, 5.41) is 1.35. The standard InChI is InChI=1S/C21H17N3O3/c1-3-27-21(26)15-12-16-18(22-13(15)2)10-11-24(20(16)25)19-9-8-14-6-4-5-7-17(14)23-19/h4-12H,3H2,1-2H3. The van der Waals surface area contributed by atoms with Gasteiger partial charge in [-0.05, 0) is 44.2 Å². The first-order chi connectivity index (χ1) is 13.1. The lowest BCUT2D eigenvalue weighted by atomic mass is 10.1. The van der Waals surface area contributed by atoms with Crippen LogP contribution in [-0.2, 0) is 4.74 Å². The quantitative estimate of drug-likeness (QED) is 0.524. The average molecular weight is 359 g/mol. The second kappa shape index (κ2) is 6.64. The topological polar surface area (TPSA) is 74.1 Å². The molecule has 1 aromatic carbocycles. The second-order valence-electron chi connectivity index (χ2n) is 6.13. The SMILES string of the molecule is CCOC(=O)c1cc2c(=O)n(-c3ccc4ccccc4n3)ccc2nc1C. The van der Waals surface area contributed by atoms with E-state index in [2.05, 4.69) is 9.97 Å². The van der Waals surface area contributed by atoms with Gasteiger partial charge in [0.15, 0.2) is 0 Å². The highest BCUT2D eigenvalue weighted by Crippen LogP contribution is 2.17. The smallest absolute Gasteiger partial charge is 0.339 e. The molecule has 0 fully saturated rings. The van der Waals surface area contributed by atoms with E-state index in [1.807, 2.05) is 30.3 Å². The predicted molar refractivity (Wildman–Crippen MR) is 103 cm³/mol. The van der Waals surface area contributed by atoms with E-state index in [1.165, 1.54) is 4.57 Å². The molecule has 134 valence electrons. The molecular formula is C21H17N3O3. The Bertz CT molecular complexity index is 1240. The number of hydrogen-bond acceptors (Lipinski definition) is 5. The molecule has 0 amide bonds. The van der Waals surface area contributed by atoms with E-state index in [4.69, 9.17) is 4.74 Å². The molecule has 0 unspecified atom stereocenters. The monoisotopic (exact) mass is 359 g/mol. The minimum atomic E-state index is -0.483. The van der Waals surface area contributed by atoms with Crippen LogP contribution >= 0.6 is 0 Å². The maximum Gasteiger partial charge on any atom is 0.339 e. The van der Waals surface area contributed by atoms with Crippen molar-refractivity contribution in [3.05, 3.63) is 76.3 Å². The number of pyridine rings is 3. The number of aromatic nitrogens is 3. The van der Waals surface area contributed by atoms with Crippen molar-refractivity contribution in [2.45, 2.75) is 13.8 Å². The fourth-order valence-corrected chi connectivity index (χ4v) is 3.05. The lowest BCUT2D eigenvalue weighted by molar-refractivity contribution is 0.0525. The summed E-state index contributed by atoms with van der Waals surface area (Å²) in [5.74, 6) is 0.0295. The first-order valence-corrected chi connectivity index (χ1v) is 8.65. The summed E-state index contributed by atoms with van der Waals surface area (Å²) < 4.78 is 6.52. The Morgan fingerprint density at radius 2 is 1.89 bits per heavy atom. The first kappa shape index (κ1) is 16.9. The van der Waals surface area contributed by atoms with Crippen LogP contribution < -0.4 is 5.56 Å². The Morgan fingerprint density at radius 1 is 1.07 bits per heavy atom. The third-order valence-electron chi connectivity index (χ3n) is 4.40. The largest absolute Gasteiger partial charge is 0.462 e. The van der Waals surface area contributed by atoms with Gasteiger partial charge in [-0.2, -0.15) is 0 Å². The van der Waals surface area contributed by atoms with Crippen LogP contribution in [0.3, 0.4) is 0 Å². The first-order valence-electron chi connectivity index (χ1n) is 8.65. The van der Waals surface area contributed by atoms with Crippen LogP contribution in [0.2, 0.25) is 0 Å². The molecule has 0 spiro atoms. The zero-order chi connectivity index (χ0) is 19.0. The third-order valence-corrected chi connectivity index (χ3v) is 4.40. The maximum atomic E-state index is 13.0. The van der Waals surface area contributed by atoms with Crippen molar-refractivity contribution in [2.24, 2.45) is 0 Å². The molecule has 0 N–H and O–H groups in total. The van der Waals surface area contributed by atoms with Gasteiger partial charge in [-0.3, -0.25) is 14.3 Å². The number of carbonyl (C=O) groups excluding carboxylic acids is 1. The van der Waals surface area contributed by atoms with Gasteiger partial charge >= 0.3 is 5.97 Å². The molecule has 0 radical (unpaired) electrons. The highest BCUT2D eigenvalue weighted by molar-refractivity contribution is 5.95. The van der Waals surface area contributed by atoms with Gasteiger partial charge in [-0.15, -0.1) is 0 Å². The van der Waals surface area contributed by atoms with Crippen molar-refractivity contribution in [3.63, 3.8) is 0 Å². The Kier molecular flexibility index (Phi) is 4.16.